The molecule has 0 aliphatic carbocycles. The Labute approximate surface area is 96.6 Å². The van der Waals surface area contributed by atoms with Gasteiger partial charge in [-0.3, -0.25) is 4.90 Å². The van der Waals surface area contributed by atoms with E-state index in [1.54, 1.807) is 6.26 Å². The molecule has 0 bridgehead atoms. The molecule has 0 saturated heterocycles. The number of unbranched alkanes of at least 4 members (excludes halogenated alkanes) is 1. The van der Waals surface area contributed by atoms with E-state index >= 15 is 0 Å². The van der Waals surface area contributed by atoms with Crippen LogP contribution in [0.1, 0.15) is 32.4 Å². The van der Waals surface area contributed by atoms with Gasteiger partial charge >= 0.3 is 0 Å². The predicted molar refractivity (Wildman–Crippen MR) is 64.2 cm³/mol. The first-order valence-corrected chi connectivity index (χ1v) is 5.83. The van der Waals surface area contributed by atoms with Gasteiger partial charge in [0.25, 0.3) is 0 Å². The lowest BCUT2D eigenvalue weighted by Gasteiger charge is -2.21. The van der Waals surface area contributed by atoms with Crippen LogP contribution in [-0.2, 0) is 6.54 Å². The highest BCUT2D eigenvalue weighted by molar-refractivity contribution is 4.98. The van der Waals surface area contributed by atoms with Crippen LogP contribution >= 0.6 is 0 Å². The summed E-state index contributed by atoms with van der Waals surface area (Å²) >= 11 is 0. The van der Waals surface area contributed by atoms with E-state index in [0.29, 0.717) is 6.54 Å². The van der Waals surface area contributed by atoms with Crippen LogP contribution in [0.4, 0.5) is 0 Å². The van der Waals surface area contributed by atoms with E-state index in [2.05, 4.69) is 17.0 Å². The maximum absolute atomic E-state index is 10.4. The van der Waals surface area contributed by atoms with Gasteiger partial charge in [0.15, 0.2) is 0 Å². The van der Waals surface area contributed by atoms with Gasteiger partial charge in [-0.25, -0.2) is 0 Å². The van der Waals surface area contributed by atoms with Crippen LogP contribution in [0.3, 0.4) is 0 Å². The quantitative estimate of drug-likeness (QED) is 0.637. The van der Waals surface area contributed by atoms with Crippen LogP contribution < -0.4 is 0 Å². The molecule has 0 saturated carbocycles. The Morgan fingerprint density at radius 1 is 1.56 bits per heavy atom. The van der Waals surface area contributed by atoms with Gasteiger partial charge < -0.3 is 4.42 Å². The molecule has 0 fully saturated rings. The lowest BCUT2D eigenvalue weighted by Crippen LogP contribution is -2.30. The predicted octanol–water partition coefficient (Wildman–Crippen LogP) is 3.04. The lowest BCUT2D eigenvalue weighted by atomic mass is 10.2. The maximum Gasteiger partial charge on any atom is 0.117 e. The van der Waals surface area contributed by atoms with Gasteiger partial charge in [0.1, 0.15) is 11.8 Å². The summed E-state index contributed by atoms with van der Waals surface area (Å²) in [7, 11) is 0. The van der Waals surface area contributed by atoms with E-state index in [9.17, 15) is 4.91 Å². The highest BCUT2D eigenvalue weighted by Crippen LogP contribution is 2.08. The number of nitroso groups, excluding NO2 is 1. The van der Waals surface area contributed by atoms with E-state index in [1.165, 1.54) is 0 Å². The third-order valence-corrected chi connectivity index (χ3v) is 2.49. The third-order valence-electron chi connectivity index (χ3n) is 2.49. The number of hydrogen-bond donors (Lipinski definition) is 0. The molecule has 1 atom stereocenters. The minimum atomic E-state index is -0.160. The van der Waals surface area contributed by atoms with Crippen molar-refractivity contribution < 1.29 is 4.42 Å². The van der Waals surface area contributed by atoms with Gasteiger partial charge in [-0.1, -0.05) is 18.5 Å². The van der Waals surface area contributed by atoms with Crippen LogP contribution in [0.25, 0.3) is 0 Å². The number of furan rings is 1. The Morgan fingerprint density at radius 3 is 2.94 bits per heavy atom. The molecule has 16 heavy (non-hydrogen) atoms. The standard InChI is InChI=1S/C12H20N2O2/c1-3-4-7-14(9-11(2)13-15)10-12-6-5-8-16-12/h5-6,8,11H,3-4,7,9-10H2,1-2H3. The van der Waals surface area contributed by atoms with Crippen molar-refractivity contribution in [3.05, 3.63) is 29.1 Å². The zero-order valence-corrected chi connectivity index (χ0v) is 10.1. The Bertz CT molecular complexity index is 285. The molecule has 1 unspecified atom stereocenters. The van der Waals surface area contributed by atoms with Gasteiger partial charge in [0, 0.05) is 6.54 Å². The maximum atomic E-state index is 10.4. The second kappa shape index (κ2) is 7.17. The molecule has 0 N–H and O–H groups in total. The smallest absolute Gasteiger partial charge is 0.117 e. The van der Waals surface area contributed by atoms with E-state index < -0.39 is 0 Å². The highest BCUT2D eigenvalue weighted by atomic mass is 16.3. The van der Waals surface area contributed by atoms with E-state index in [4.69, 9.17) is 4.42 Å². The summed E-state index contributed by atoms with van der Waals surface area (Å²) in [4.78, 5) is 12.6. The zero-order valence-electron chi connectivity index (χ0n) is 10.1. The van der Waals surface area contributed by atoms with Gasteiger partial charge in [0.2, 0.25) is 0 Å². The van der Waals surface area contributed by atoms with Crippen molar-refractivity contribution in [1.82, 2.24) is 4.90 Å². The first kappa shape index (κ1) is 12.9. The highest BCUT2D eigenvalue weighted by Gasteiger charge is 2.11. The largest absolute Gasteiger partial charge is 0.468 e. The third kappa shape index (κ3) is 4.57. The Hall–Kier alpha value is -1.16. The van der Waals surface area contributed by atoms with Crippen molar-refractivity contribution in [1.29, 1.82) is 0 Å². The van der Waals surface area contributed by atoms with Crippen LogP contribution in [-0.4, -0.2) is 24.0 Å². The molecule has 0 aliphatic heterocycles. The molecule has 1 rings (SSSR count). The topological polar surface area (TPSA) is 45.8 Å². The molecule has 4 heteroatoms. The monoisotopic (exact) mass is 224 g/mol. The molecule has 4 nitrogen and oxygen atoms in total. The van der Waals surface area contributed by atoms with Gasteiger partial charge in [-0.2, -0.15) is 4.91 Å². The van der Waals surface area contributed by atoms with Crippen LogP contribution in [0.2, 0.25) is 0 Å². The van der Waals surface area contributed by atoms with Crippen LogP contribution in [0.15, 0.2) is 28.0 Å². The summed E-state index contributed by atoms with van der Waals surface area (Å²) in [6, 6.07) is 3.68. The second-order valence-electron chi connectivity index (χ2n) is 4.12. The van der Waals surface area contributed by atoms with Crippen molar-refractivity contribution in [3.8, 4) is 0 Å². The van der Waals surface area contributed by atoms with Crippen molar-refractivity contribution >= 4 is 0 Å². The Balaban J connectivity index is 2.45. The number of hydrogen-bond acceptors (Lipinski definition) is 4. The molecular formula is C12H20N2O2. The number of nitrogens with zero attached hydrogens (tertiary/aromatic N) is 2. The molecule has 1 heterocycles. The van der Waals surface area contributed by atoms with Crippen LogP contribution in [0, 0.1) is 4.91 Å². The van der Waals surface area contributed by atoms with Gasteiger partial charge in [-0.15, -0.1) is 0 Å². The second-order valence-corrected chi connectivity index (χ2v) is 4.12. The van der Waals surface area contributed by atoms with Crippen molar-refractivity contribution in [2.45, 2.75) is 39.3 Å². The minimum absolute atomic E-state index is 0.160. The number of rotatable bonds is 8. The summed E-state index contributed by atoms with van der Waals surface area (Å²) in [6.07, 6.45) is 3.96. The first-order valence-electron chi connectivity index (χ1n) is 5.83. The summed E-state index contributed by atoms with van der Waals surface area (Å²) < 4.78 is 5.31. The normalized spacial score (nSPS) is 12.9. The molecule has 90 valence electrons. The molecule has 1 aromatic heterocycles. The molecule has 0 aromatic carbocycles. The average molecular weight is 224 g/mol. The zero-order chi connectivity index (χ0) is 11.8. The van der Waals surface area contributed by atoms with Gasteiger partial charge in [0.05, 0.1) is 12.8 Å². The lowest BCUT2D eigenvalue weighted by molar-refractivity contribution is 0.230. The first-order chi connectivity index (χ1) is 7.76. The Kier molecular flexibility index (Phi) is 5.78. The summed E-state index contributed by atoms with van der Waals surface area (Å²) in [5.74, 6) is 0.939. The summed E-state index contributed by atoms with van der Waals surface area (Å²) in [5.41, 5.74) is 0. The molecule has 0 aliphatic rings. The van der Waals surface area contributed by atoms with Gasteiger partial charge in [-0.05, 0) is 32.0 Å². The SMILES string of the molecule is CCCCN(Cc1ccco1)CC(C)N=O. The van der Waals surface area contributed by atoms with E-state index in [-0.39, 0.29) is 6.04 Å². The molecule has 0 radical (unpaired) electrons. The Morgan fingerprint density at radius 2 is 2.38 bits per heavy atom. The van der Waals surface area contributed by atoms with Crippen LogP contribution in [0.5, 0.6) is 0 Å². The van der Waals surface area contributed by atoms with E-state index in [1.807, 2.05) is 19.1 Å². The molecule has 1 aromatic rings. The molecule has 0 spiro atoms. The van der Waals surface area contributed by atoms with E-state index in [0.717, 1.165) is 31.7 Å². The molecule has 0 amide bonds. The molecular weight excluding hydrogens is 204 g/mol. The van der Waals surface area contributed by atoms with Crippen molar-refractivity contribution in [3.63, 3.8) is 0 Å². The van der Waals surface area contributed by atoms with Crippen molar-refractivity contribution in [2.75, 3.05) is 13.1 Å². The fourth-order valence-corrected chi connectivity index (χ4v) is 1.65. The summed E-state index contributed by atoms with van der Waals surface area (Å²) in [5, 5.41) is 3.04. The average Bonchev–Trinajstić information content (AvgIpc) is 2.78. The minimum Gasteiger partial charge on any atom is -0.468 e. The fourth-order valence-electron chi connectivity index (χ4n) is 1.65. The van der Waals surface area contributed by atoms with Crippen molar-refractivity contribution in [2.24, 2.45) is 5.18 Å². The fraction of sp³-hybridized carbons (Fsp3) is 0.667. The summed E-state index contributed by atoms with van der Waals surface area (Å²) in [6.45, 7) is 6.44.